The Morgan fingerprint density at radius 2 is 2.22 bits per heavy atom. The predicted octanol–water partition coefficient (Wildman–Crippen LogP) is 3.51. The van der Waals surface area contributed by atoms with Gasteiger partial charge in [-0.25, -0.2) is 15.0 Å². The number of imidazole rings is 1. The number of hydrogen-bond donors (Lipinski definition) is 1. The maximum Gasteiger partial charge on any atom is 0.181 e. The minimum atomic E-state index is 0.723. The molecule has 0 fully saturated rings. The summed E-state index contributed by atoms with van der Waals surface area (Å²) >= 11 is 1.91. The molecule has 0 aliphatic carbocycles. The first-order valence-corrected chi connectivity index (χ1v) is 9.00. The molecule has 118 valence electrons. The van der Waals surface area contributed by atoms with Gasteiger partial charge < -0.3 is 9.88 Å². The topological polar surface area (TPSA) is 57.7 Å². The van der Waals surface area contributed by atoms with Crippen molar-refractivity contribution >= 4 is 28.6 Å². The summed E-state index contributed by atoms with van der Waals surface area (Å²) in [5.41, 5.74) is 5.59. The second kappa shape index (κ2) is 5.85. The van der Waals surface area contributed by atoms with Gasteiger partial charge in [0.15, 0.2) is 5.65 Å². The molecule has 1 N–H and O–H groups in total. The van der Waals surface area contributed by atoms with Crippen LogP contribution in [0.4, 0.5) is 5.69 Å². The summed E-state index contributed by atoms with van der Waals surface area (Å²) < 4.78 is 0. The number of H-pyrrole nitrogens is 1. The molecule has 0 saturated carbocycles. The van der Waals surface area contributed by atoms with Gasteiger partial charge in [-0.15, -0.1) is 11.8 Å². The second-order valence-electron chi connectivity index (χ2n) is 5.55. The van der Waals surface area contributed by atoms with Crippen LogP contribution in [0, 0.1) is 0 Å². The van der Waals surface area contributed by atoms with Gasteiger partial charge in [-0.2, -0.15) is 0 Å². The summed E-state index contributed by atoms with van der Waals surface area (Å²) in [7, 11) is 0. The van der Waals surface area contributed by atoms with Crippen LogP contribution in [0.1, 0.15) is 19.4 Å². The zero-order valence-corrected chi connectivity index (χ0v) is 14.2. The third-order valence-corrected chi connectivity index (χ3v) is 5.22. The first-order chi connectivity index (χ1) is 11.3. The monoisotopic (exact) mass is 325 g/mol. The molecule has 0 saturated heterocycles. The molecule has 1 aromatic carbocycles. The van der Waals surface area contributed by atoms with E-state index >= 15 is 0 Å². The van der Waals surface area contributed by atoms with Crippen molar-refractivity contribution in [2.45, 2.75) is 25.2 Å². The lowest BCUT2D eigenvalue weighted by atomic mass is 10.0. The van der Waals surface area contributed by atoms with Crippen LogP contribution in [-0.4, -0.2) is 38.8 Å². The summed E-state index contributed by atoms with van der Waals surface area (Å²) in [5.74, 6) is 1.98. The van der Waals surface area contributed by atoms with Gasteiger partial charge in [-0.1, -0.05) is 6.92 Å². The Balaban J connectivity index is 1.88. The molecule has 0 spiro atoms. The Labute approximate surface area is 139 Å². The summed E-state index contributed by atoms with van der Waals surface area (Å²) in [5, 5.41) is 0. The van der Waals surface area contributed by atoms with Crippen LogP contribution in [0.5, 0.6) is 0 Å². The normalized spacial score (nSPS) is 13.7. The molecule has 0 bridgehead atoms. The molecule has 1 aliphatic rings. The molecule has 6 heteroatoms. The van der Waals surface area contributed by atoms with Gasteiger partial charge in [0.2, 0.25) is 0 Å². The molecule has 3 aromatic rings. The minimum Gasteiger partial charge on any atom is -0.370 e. The van der Waals surface area contributed by atoms with Gasteiger partial charge in [0.1, 0.15) is 17.7 Å². The van der Waals surface area contributed by atoms with Crippen molar-refractivity contribution in [3.8, 4) is 11.4 Å². The van der Waals surface area contributed by atoms with Crippen molar-refractivity contribution in [1.82, 2.24) is 19.9 Å². The standard InChI is InChI=1S/C17H19N5S/c1-3-22-8-7-11-12(5-6-14(15(11)22)23-4-2)16-20-13-9-18-10-19-17(13)21-16/h5-6,9-10H,3-4,7-8H2,1-2H3,(H,18,19,20,21). The first kappa shape index (κ1) is 14.5. The summed E-state index contributed by atoms with van der Waals surface area (Å²) in [6, 6.07) is 4.43. The number of hydrogen-bond acceptors (Lipinski definition) is 5. The maximum atomic E-state index is 4.65. The van der Waals surface area contributed by atoms with E-state index in [2.05, 4.69) is 50.8 Å². The van der Waals surface area contributed by atoms with Crippen LogP contribution >= 0.6 is 11.8 Å². The fraction of sp³-hybridized carbons (Fsp3) is 0.353. The van der Waals surface area contributed by atoms with Gasteiger partial charge in [-0.05, 0) is 36.8 Å². The molecule has 3 heterocycles. The van der Waals surface area contributed by atoms with Crippen LogP contribution < -0.4 is 4.90 Å². The maximum absolute atomic E-state index is 4.65. The molecule has 2 aromatic heterocycles. The Bertz CT molecular complexity index is 824. The molecule has 23 heavy (non-hydrogen) atoms. The first-order valence-electron chi connectivity index (χ1n) is 8.01. The zero-order chi connectivity index (χ0) is 15.8. The average molecular weight is 325 g/mol. The highest BCUT2D eigenvalue weighted by atomic mass is 32.2. The molecule has 0 atom stereocenters. The number of thioether (sulfide) groups is 1. The number of nitrogens with one attached hydrogen (secondary N) is 1. The molecule has 5 nitrogen and oxygen atoms in total. The lowest BCUT2D eigenvalue weighted by Gasteiger charge is -2.20. The van der Waals surface area contributed by atoms with E-state index in [-0.39, 0.29) is 0 Å². The highest BCUT2D eigenvalue weighted by Crippen LogP contribution is 2.42. The number of anilines is 1. The molecular weight excluding hydrogens is 306 g/mol. The van der Waals surface area contributed by atoms with E-state index < -0.39 is 0 Å². The van der Waals surface area contributed by atoms with Crippen LogP contribution in [0.3, 0.4) is 0 Å². The van der Waals surface area contributed by atoms with Gasteiger partial charge >= 0.3 is 0 Å². The summed E-state index contributed by atoms with van der Waals surface area (Å²) in [4.78, 5) is 20.2. The lowest BCUT2D eigenvalue weighted by Crippen LogP contribution is -2.19. The summed E-state index contributed by atoms with van der Waals surface area (Å²) in [6.07, 6.45) is 4.38. The molecular formula is C17H19N5S. The Kier molecular flexibility index (Phi) is 3.69. The predicted molar refractivity (Wildman–Crippen MR) is 95.1 cm³/mol. The van der Waals surface area contributed by atoms with Crippen LogP contribution in [0.2, 0.25) is 0 Å². The number of benzene rings is 1. The quantitative estimate of drug-likeness (QED) is 0.744. The Morgan fingerprint density at radius 1 is 1.30 bits per heavy atom. The fourth-order valence-corrected chi connectivity index (χ4v) is 4.14. The van der Waals surface area contributed by atoms with Crippen LogP contribution in [-0.2, 0) is 6.42 Å². The molecule has 1 aliphatic heterocycles. The molecule has 0 unspecified atom stereocenters. The van der Waals surface area contributed by atoms with Crippen molar-refractivity contribution in [1.29, 1.82) is 0 Å². The molecule has 0 amide bonds. The number of likely N-dealkylation sites (N-methyl/N-ethyl adjacent to an activating group) is 1. The lowest BCUT2D eigenvalue weighted by molar-refractivity contribution is 0.862. The van der Waals surface area contributed by atoms with E-state index in [1.165, 1.54) is 28.0 Å². The van der Waals surface area contributed by atoms with Crippen LogP contribution in [0.15, 0.2) is 29.6 Å². The van der Waals surface area contributed by atoms with Crippen molar-refractivity contribution in [3.63, 3.8) is 0 Å². The largest absolute Gasteiger partial charge is 0.370 e. The number of nitrogens with zero attached hydrogens (tertiary/aromatic N) is 4. The zero-order valence-electron chi connectivity index (χ0n) is 13.3. The number of rotatable bonds is 4. The van der Waals surface area contributed by atoms with Crippen LogP contribution in [0.25, 0.3) is 22.6 Å². The number of fused-ring (bicyclic) bond motifs is 2. The molecule has 4 rings (SSSR count). The number of aromatic amines is 1. The average Bonchev–Trinajstić information content (AvgIpc) is 3.19. The minimum absolute atomic E-state index is 0.723. The van der Waals surface area contributed by atoms with Gasteiger partial charge in [-0.3, -0.25) is 0 Å². The van der Waals surface area contributed by atoms with Gasteiger partial charge in [0.25, 0.3) is 0 Å². The third kappa shape index (κ3) is 2.37. The fourth-order valence-electron chi connectivity index (χ4n) is 3.27. The Morgan fingerprint density at radius 3 is 3.00 bits per heavy atom. The highest BCUT2D eigenvalue weighted by Gasteiger charge is 2.25. The summed E-state index contributed by atoms with van der Waals surface area (Å²) in [6.45, 7) is 6.55. The Hall–Kier alpha value is -2.08. The van der Waals surface area contributed by atoms with E-state index in [9.17, 15) is 0 Å². The van der Waals surface area contributed by atoms with Crippen molar-refractivity contribution < 1.29 is 0 Å². The highest BCUT2D eigenvalue weighted by molar-refractivity contribution is 7.99. The smallest absolute Gasteiger partial charge is 0.181 e. The van der Waals surface area contributed by atoms with Crippen molar-refractivity contribution in [2.24, 2.45) is 0 Å². The van der Waals surface area contributed by atoms with Gasteiger partial charge in [0, 0.05) is 23.5 Å². The third-order valence-electron chi connectivity index (χ3n) is 4.29. The molecule has 0 radical (unpaired) electrons. The second-order valence-corrected chi connectivity index (χ2v) is 6.85. The SMILES string of the molecule is CCSc1ccc(-c2nc3ncncc3[nH]2)c2c1N(CC)CC2. The number of aromatic nitrogens is 4. The van der Waals surface area contributed by atoms with Gasteiger partial charge in [0.05, 0.1) is 11.9 Å². The van der Waals surface area contributed by atoms with Crippen molar-refractivity contribution in [2.75, 3.05) is 23.7 Å². The van der Waals surface area contributed by atoms with E-state index in [0.717, 1.165) is 42.3 Å². The van der Waals surface area contributed by atoms with E-state index in [1.807, 2.05) is 11.8 Å². The van der Waals surface area contributed by atoms with E-state index in [4.69, 9.17) is 0 Å². The van der Waals surface area contributed by atoms with E-state index in [0.29, 0.717) is 0 Å². The van der Waals surface area contributed by atoms with Crippen molar-refractivity contribution in [3.05, 3.63) is 30.2 Å². The van der Waals surface area contributed by atoms with E-state index in [1.54, 1.807) is 6.20 Å².